The molecule has 0 saturated carbocycles. The van der Waals surface area contributed by atoms with Crippen molar-refractivity contribution in [2.24, 2.45) is 0 Å². The van der Waals surface area contributed by atoms with Gasteiger partial charge in [-0.1, -0.05) is 312 Å². The Morgan fingerprint density at radius 2 is 0.500 bits per heavy atom. The van der Waals surface area contributed by atoms with Gasteiger partial charge in [0, 0.05) is 19.3 Å². The number of hydrogen-bond donors (Lipinski definition) is 0. The molecule has 0 aliphatic heterocycles. The highest BCUT2D eigenvalue weighted by Gasteiger charge is 2.19. The summed E-state index contributed by atoms with van der Waals surface area (Å²) in [4.78, 5) is 38.1. The van der Waals surface area contributed by atoms with Crippen molar-refractivity contribution in [1.29, 1.82) is 0 Å². The van der Waals surface area contributed by atoms with Crippen LogP contribution < -0.4 is 0 Å². The van der Waals surface area contributed by atoms with Crippen molar-refractivity contribution in [2.45, 2.75) is 354 Å². The largest absolute Gasteiger partial charge is 0.462 e. The molecular formula is C72H128O6. The maximum atomic E-state index is 12.9. The van der Waals surface area contributed by atoms with Gasteiger partial charge in [-0.05, 0) is 89.9 Å². The number of ether oxygens (including phenoxy) is 3. The lowest BCUT2D eigenvalue weighted by molar-refractivity contribution is -0.167. The van der Waals surface area contributed by atoms with Crippen LogP contribution in [0.25, 0.3) is 0 Å². The van der Waals surface area contributed by atoms with Crippen LogP contribution in [0.1, 0.15) is 348 Å². The van der Waals surface area contributed by atoms with Crippen LogP contribution >= 0.6 is 0 Å². The first-order valence-corrected chi connectivity index (χ1v) is 33.9. The van der Waals surface area contributed by atoms with E-state index in [-0.39, 0.29) is 31.1 Å². The zero-order valence-electron chi connectivity index (χ0n) is 51.9. The predicted octanol–water partition coefficient (Wildman–Crippen LogP) is 23.3. The molecule has 0 aliphatic carbocycles. The molecule has 0 spiro atoms. The van der Waals surface area contributed by atoms with Gasteiger partial charge in [0.05, 0.1) is 0 Å². The number of rotatable bonds is 62. The Morgan fingerprint density at radius 3 is 0.795 bits per heavy atom. The number of carbonyl (C=O) groups excluding carboxylic acids is 3. The summed E-state index contributed by atoms with van der Waals surface area (Å²) in [6.45, 7) is 6.50. The Hall–Kier alpha value is -3.15. The quantitative estimate of drug-likeness (QED) is 0.0261. The van der Waals surface area contributed by atoms with E-state index >= 15 is 0 Å². The molecule has 0 heterocycles. The van der Waals surface area contributed by atoms with Gasteiger partial charge in [0.1, 0.15) is 13.2 Å². The van der Waals surface area contributed by atoms with E-state index in [1.54, 1.807) is 0 Å². The van der Waals surface area contributed by atoms with E-state index in [1.807, 2.05) is 0 Å². The maximum absolute atomic E-state index is 12.9. The van der Waals surface area contributed by atoms with Gasteiger partial charge in [0.2, 0.25) is 0 Å². The van der Waals surface area contributed by atoms with E-state index in [1.165, 1.54) is 212 Å². The van der Waals surface area contributed by atoms with E-state index in [4.69, 9.17) is 14.2 Å². The fourth-order valence-corrected chi connectivity index (χ4v) is 9.88. The van der Waals surface area contributed by atoms with E-state index in [9.17, 15) is 14.4 Å². The molecule has 0 aromatic heterocycles. The molecule has 0 N–H and O–H groups in total. The highest BCUT2D eigenvalue weighted by molar-refractivity contribution is 5.71. The van der Waals surface area contributed by atoms with Crippen LogP contribution in [-0.4, -0.2) is 37.2 Å². The highest BCUT2D eigenvalue weighted by atomic mass is 16.6. The molecule has 0 saturated heterocycles. The molecule has 0 aliphatic rings. The summed E-state index contributed by atoms with van der Waals surface area (Å²) in [6, 6.07) is 0. The fourth-order valence-electron chi connectivity index (χ4n) is 9.88. The molecule has 0 aromatic rings. The SMILES string of the molecule is CC/C=C\C/C=C\C/C=C\C/C=C\C/C=C\CCCCCCCCCCCC(=O)OC(COC(=O)CCCCCCCC)COC(=O)CCCCCCCCCCCCCCCCCCC/C=C\CCCCCCCCCC. The average Bonchev–Trinajstić information content (AvgIpc) is 3.44. The second-order valence-corrected chi connectivity index (χ2v) is 22.7. The van der Waals surface area contributed by atoms with Crippen molar-refractivity contribution in [2.75, 3.05) is 13.2 Å². The van der Waals surface area contributed by atoms with Crippen molar-refractivity contribution < 1.29 is 28.6 Å². The minimum atomic E-state index is -0.775. The lowest BCUT2D eigenvalue weighted by Gasteiger charge is -2.18. The van der Waals surface area contributed by atoms with Gasteiger partial charge in [-0.25, -0.2) is 0 Å². The Labute approximate surface area is 484 Å². The molecule has 0 radical (unpaired) electrons. The lowest BCUT2D eigenvalue weighted by Crippen LogP contribution is -2.30. The molecule has 0 bridgehead atoms. The third-order valence-electron chi connectivity index (χ3n) is 14.9. The van der Waals surface area contributed by atoms with Crippen LogP contribution in [0.5, 0.6) is 0 Å². The minimum absolute atomic E-state index is 0.0745. The molecule has 6 nitrogen and oxygen atoms in total. The second kappa shape index (κ2) is 66.4. The minimum Gasteiger partial charge on any atom is -0.462 e. The molecule has 78 heavy (non-hydrogen) atoms. The normalized spacial score (nSPS) is 12.5. The summed E-state index contributed by atoms with van der Waals surface area (Å²) in [5, 5.41) is 0. The van der Waals surface area contributed by atoms with E-state index in [2.05, 4.69) is 93.7 Å². The number of esters is 3. The molecule has 0 aromatic carbocycles. The summed E-state index contributed by atoms with van der Waals surface area (Å²) in [5.41, 5.74) is 0. The van der Waals surface area contributed by atoms with Gasteiger partial charge in [-0.15, -0.1) is 0 Å². The van der Waals surface area contributed by atoms with Crippen LogP contribution in [0.3, 0.4) is 0 Å². The van der Waals surface area contributed by atoms with Gasteiger partial charge in [0.15, 0.2) is 6.10 Å². The van der Waals surface area contributed by atoms with Crippen molar-refractivity contribution in [3.05, 3.63) is 72.9 Å². The number of hydrogen-bond acceptors (Lipinski definition) is 6. The van der Waals surface area contributed by atoms with Crippen LogP contribution in [0, 0.1) is 0 Å². The molecule has 1 atom stereocenters. The Morgan fingerprint density at radius 1 is 0.269 bits per heavy atom. The van der Waals surface area contributed by atoms with Gasteiger partial charge in [0.25, 0.3) is 0 Å². The average molecular weight is 1090 g/mol. The lowest BCUT2D eigenvalue weighted by atomic mass is 10.0. The topological polar surface area (TPSA) is 78.9 Å². The van der Waals surface area contributed by atoms with Crippen LogP contribution in [0.4, 0.5) is 0 Å². The monoisotopic (exact) mass is 1090 g/mol. The van der Waals surface area contributed by atoms with Crippen molar-refractivity contribution in [3.8, 4) is 0 Å². The molecule has 1 unspecified atom stereocenters. The molecule has 452 valence electrons. The molecule has 0 amide bonds. The first-order valence-electron chi connectivity index (χ1n) is 33.9. The van der Waals surface area contributed by atoms with Crippen molar-refractivity contribution in [1.82, 2.24) is 0 Å². The van der Waals surface area contributed by atoms with E-state index < -0.39 is 6.10 Å². The Kier molecular flexibility index (Phi) is 63.7. The summed E-state index contributed by atoms with van der Waals surface area (Å²) in [7, 11) is 0. The van der Waals surface area contributed by atoms with Crippen LogP contribution in [-0.2, 0) is 28.6 Å². The zero-order chi connectivity index (χ0) is 56.4. The maximum Gasteiger partial charge on any atom is 0.306 e. The predicted molar refractivity (Wildman–Crippen MR) is 339 cm³/mol. The molecular weight excluding hydrogens is 961 g/mol. The summed E-state index contributed by atoms with van der Waals surface area (Å²) >= 11 is 0. The van der Waals surface area contributed by atoms with Crippen molar-refractivity contribution >= 4 is 17.9 Å². The first kappa shape index (κ1) is 74.8. The molecule has 6 heteroatoms. The van der Waals surface area contributed by atoms with E-state index in [0.717, 1.165) is 96.3 Å². The van der Waals surface area contributed by atoms with Gasteiger partial charge < -0.3 is 14.2 Å². The van der Waals surface area contributed by atoms with Gasteiger partial charge in [-0.3, -0.25) is 14.4 Å². The third-order valence-corrected chi connectivity index (χ3v) is 14.9. The smallest absolute Gasteiger partial charge is 0.306 e. The number of unbranched alkanes of at least 4 members (excludes halogenated alkanes) is 39. The van der Waals surface area contributed by atoms with Gasteiger partial charge >= 0.3 is 17.9 Å². The van der Waals surface area contributed by atoms with E-state index in [0.29, 0.717) is 19.3 Å². The first-order chi connectivity index (χ1) is 38.5. The fraction of sp³-hybridized carbons (Fsp3) is 0.792. The van der Waals surface area contributed by atoms with Crippen LogP contribution in [0.2, 0.25) is 0 Å². The Balaban J connectivity index is 4.03. The Bertz CT molecular complexity index is 1440. The summed E-state index contributed by atoms with van der Waals surface area (Å²) in [6.07, 6.45) is 86.8. The van der Waals surface area contributed by atoms with Gasteiger partial charge in [-0.2, -0.15) is 0 Å². The summed E-state index contributed by atoms with van der Waals surface area (Å²) < 4.78 is 16.8. The third kappa shape index (κ3) is 63.7. The summed E-state index contributed by atoms with van der Waals surface area (Å²) in [5.74, 6) is -0.875. The number of allylic oxidation sites excluding steroid dienone is 12. The van der Waals surface area contributed by atoms with Crippen LogP contribution in [0.15, 0.2) is 72.9 Å². The molecule has 0 fully saturated rings. The zero-order valence-corrected chi connectivity index (χ0v) is 51.9. The second-order valence-electron chi connectivity index (χ2n) is 22.7. The standard InChI is InChI=1S/C72H128O6/c1-4-7-10-13-16-18-20-22-24-26-28-30-32-34-35-36-37-39-40-42-44-46-48-50-52-54-56-59-62-65-71(74)77-68-69(67-76-70(73)64-61-58-15-12-9-6-3)78-72(75)66-63-60-57-55-53-51-49-47-45-43-41-38-33-31-29-27-25-23-21-19-17-14-11-8-5-2/h8,11,17,19,23,25-26,28-29,31,38,41,69H,4-7,9-10,12-16,18,20-22,24,27,30,32-37,39-40,42-68H2,1-3H3/b11-8-,19-17-,25-23-,28-26-,31-29-,41-38-. The molecule has 0 rings (SSSR count). The van der Waals surface area contributed by atoms with Crippen molar-refractivity contribution in [3.63, 3.8) is 0 Å². The number of carbonyl (C=O) groups is 3. The highest BCUT2D eigenvalue weighted by Crippen LogP contribution is 2.17.